The van der Waals surface area contributed by atoms with Gasteiger partial charge in [0, 0.05) is 0 Å². The summed E-state index contributed by atoms with van der Waals surface area (Å²) in [6.07, 6.45) is 9.07. The van der Waals surface area contributed by atoms with E-state index in [0.29, 0.717) is 0 Å². The van der Waals surface area contributed by atoms with Crippen molar-refractivity contribution in [1.29, 1.82) is 0 Å². The fourth-order valence-corrected chi connectivity index (χ4v) is 3.43. The molecule has 0 N–H and O–H groups in total. The smallest absolute Gasteiger partial charge is 0.0808 e. The van der Waals surface area contributed by atoms with E-state index < -0.39 is 0 Å². The zero-order valence-electron chi connectivity index (χ0n) is 8.60. The van der Waals surface area contributed by atoms with Crippen LogP contribution in [0.25, 0.3) is 0 Å². The van der Waals surface area contributed by atoms with E-state index >= 15 is 0 Å². The number of rotatable bonds is 0. The molecule has 12 heavy (non-hydrogen) atoms. The molecule has 3 atom stereocenters. The standard InChI is InChI=1S/C10H20B2/c1-8-4-6-10(11)5-2-3-9(7-8)12-10/h8-9,12H,2-7,11H2,1H3. The maximum atomic E-state index is 2.52. The fraction of sp³-hybridized carbons (Fsp3) is 1.00. The van der Waals surface area contributed by atoms with Crippen LogP contribution in [0, 0.1) is 5.92 Å². The molecule has 0 amide bonds. The molecule has 2 bridgehead atoms. The lowest BCUT2D eigenvalue weighted by molar-refractivity contribution is 0.477. The van der Waals surface area contributed by atoms with Crippen LogP contribution < -0.4 is 0 Å². The van der Waals surface area contributed by atoms with Gasteiger partial charge in [0.2, 0.25) is 0 Å². The van der Waals surface area contributed by atoms with Gasteiger partial charge < -0.3 is 0 Å². The van der Waals surface area contributed by atoms with Crippen LogP contribution in [-0.4, -0.2) is 15.1 Å². The molecule has 0 aliphatic carbocycles. The highest BCUT2D eigenvalue weighted by molar-refractivity contribution is 6.55. The highest BCUT2D eigenvalue weighted by Gasteiger charge is 2.36. The fourth-order valence-electron chi connectivity index (χ4n) is 3.43. The van der Waals surface area contributed by atoms with Gasteiger partial charge >= 0.3 is 0 Å². The topological polar surface area (TPSA) is 0 Å². The first-order chi connectivity index (χ1) is 5.68. The summed E-state index contributed by atoms with van der Waals surface area (Å²) < 4.78 is 0. The molecule has 0 saturated carbocycles. The normalized spacial score (nSPS) is 47.8. The van der Waals surface area contributed by atoms with Gasteiger partial charge in [0.05, 0.1) is 7.85 Å². The second-order valence-electron chi connectivity index (χ2n) is 5.65. The van der Waals surface area contributed by atoms with Gasteiger partial charge in [0.25, 0.3) is 0 Å². The monoisotopic (exact) mass is 162 g/mol. The van der Waals surface area contributed by atoms with Crippen molar-refractivity contribution in [3.63, 3.8) is 0 Å². The van der Waals surface area contributed by atoms with Crippen molar-refractivity contribution < 1.29 is 0 Å². The van der Waals surface area contributed by atoms with Gasteiger partial charge in [-0.25, -0.2) is 0 Å². The minimum Gasteiger partial charge on any atom is -0.0808 e. The van der Waals surface area contributed by atoms with Crippen LogP contribution >= 0.6 is 0 Å². The third-order valence-corrected chi connectivity index (χ3v) is 4.15. The molecule has 0 aromatic carbocycles. The highest BCUT2D eigenvalue weighted by atomic mass is 14.3. The van der Waals surface area contributed by atoms with Crippen LogP contribution in [0.15, 0.2) is 0 Å². The quantitative estimate of drug-likeness (QED) is 0.477. The largest absolute Gasteiger partial charge is 0.122 e. The predicted molar refractivity (Wildman–Crippen MR) is 59.0 cm³/mol. The van der Waals surface area contributed by atoms with E-state index in [-0.39, 0.29) is 0 Å². The Kier molecular flexibility index (Phi) is 2.27. The van der Waals surface area contributed by atoms with Crippen molar-refractivity contribution in [2.45, 2.75) is 56.5 Å². The predicted octanol–water partition coefficient (Wildman–Crippen LogP) is 1.96. The highest BCUT2D eigenvalue weighted by Crippen LogP contribution is 2.48. The third-order valence-electron chi connectivity index (χ3n) is 4.15. The van der Waals surface area contributed by atoms with Gasteiger partial charge in [-0.15, -0.1) is 0 Å². The molecule has 0 spiro atoms. The summed E-state index contributed by atoms with van der Waals surface area (Å²) in [5.41, 5.74) is 0. The summed E-state index contributed by atoms with van der Waals surface area (Å²) >= 11 is 0. The Morgan fingerprint density at radius 1 is 1.33 bits per heavy atom. The molecule has 3 unspecified atom stereocenters. The van der Waals surface area contributed by atoms with Gasteiger partial charge in [-0.3, -0.25) is 0 Å². The van der Waals surface area contributed by atoms with E-state index in [4.69, 9.17) is 0 Å². The van der Waals surface area contributed by atoms with E-state index in [0.717, 1.165) is 16.9 Å². The Balaban J connectivity index is 2.08. The van der Waals surface area contributed by atoms with E-state index in [1.54, 1.807) is 0 Å². The van der Waals surface area contributed by atoms with Crippen LogP contribution in [0.1, 0.15) is 45.4 Å². The first kappa shape index (κ1) is 8.72. The minimum absolute atomic E-state index is 0.744. The Bertz CT molecular complexity index is 169. The molecule has 0 aromatic rings. The number of fused-ring (bicyclic) bond motifs is 2. The van der Waals surface area contributed by atoms with Crippen molar-refractivity contribution in [2.24, 2.45) is 5.92 Å². The number of hydrogen-bond donors (Lipinski definition) is 0. The average Bonchev–Trinajstić information content (AvgIpc) is 2.09. The summed E-state index contributed by atoms with van der Waals surface area (Å²) in [5, 5.41) is 0.744. The van der Waals surface area contributed by atoms with Crippen LogP contribution in [0.4, 0.5) is 0 Å². The zero-order chi connectivity index (χ0) is 8.60. The van der Waals surface area contributed by atoms with Gasteiger partial charge in [0.1, 0.15) is 7.28 Å². The van der Waals surface area contributed by atoms with Crippen molar-refractivity contribution in [3.05, 3.63) is 0 Å². The lowest BCUT2D eigenvalue weighted by atomic mass is 9.33. The molecule has 66 valence electrons. The summed E-state index contributed by atoms with van der Waals surface area (Å²) in [6, 6.07) is 0. The molecular weight excluding hydrogens is 142 g/mol. The second-order valence-corrected chi connectivity index (χ2v) is 5.65. The Morgan fingerprint density at radius 2 is 2.17 bits per heavy atom. The van der Waals surface area contributed by atoms with Crippen molar-refractivity contribution in [1.82, 2.24) is 0 Å². The summed E-state index contributed by atoms with van der Waals surface area (Å²) in [7, 11) is 4.06. The lowest BCUT2D eigenvalue weighted by Crippen LogP contribution is -2.27. The summed E-state index contributed by atoms with van der Waals surface area (Å²) in [6.45, 7) is 2.45. The maximum Gasteiger partial charge on any atom is 0.122 e. The summed E-state index contributed by atoms with van der Waals surface area (Å²) in [4.78, 5) is 0. The molecule has 0 nitrogen and oxygen atoms in total. The van der Waals surface area contributed by atoms with Crippen molar-refractivity contribution in [2.75, 3.05) is 0 Å². The van der Waals surface area contributed by atoms with E-state index in [9.17, 15) is 0 Å². The minimum atomic E-state index is 0.744. The molecule has 0 aromatic heterocycles. The molecule has 2 rings (SSSR count). The second kappa shape index (κ2) is 3.12. The van der Waals surface area contributed by atoms with Gasteiger partial charge in [-0.05, 0) is 5.92 Å². The van der Waals surface area contributed by atoms with Crippen molar-refractivity contribution in [3.8, 4) is 0 Å². The molecule has 2 heteroatoms. The molecule has 2 aliphatic rings. The van der Waals surface area contributed by atoms with Gasteiger partial charge in [0.15, 0.2) is 0 Å². The first-order valence-electron chi connectivity index (χ1n) is 5.68. The molecule has 2 saturated heterocycles. The molecule has 2 heterocycles. The average molecular weight is 162 g/mol. The van der Waals surface area contributed by atoms with Crippen molar-refractivity contribution >= 4 is 15.1 Å². The molecule has 2 fully saturated rings. The van der Waals surface area contributed by atoms with E-state index in [1.165, 1.54) is 45.8 Å². The first-order valence-corrected chi connectivity index (χ1v) is 5.68. The van der Waals surface area contributed by atoms with E-state index in [1.807, 2.05) is 0 Å². The maximum absolute atomic E-state index is 2.52. The third kappa shape index (κ3) is 1.72. The molecule has 0 radical (unpaired) electrons. The van der Waals surface area contributed by atoms with Crippen LogP contribution in [0.2, 0.25) is 11.0 Å². The summed E-state index contributed by atoms with van der Waals surface area (Å²) in [5.74, 6) is 2.09. The van der Waals surface area contributed by atoms with E-state index in [2.05, 4.69) is 14.8 Å². The Morgan fingerprint density at radius 3 is 3.00 bits per heavy atom. The molecular formula is C10H20B2. The zero-order valence-corrected chi connectivity index (χ0v) is 8.60. The van der Waals surface area contributed by atoms with Crippen LogP contribution in [0.5, 0.6) is 0 Å². The lowest BCUT2D eigenvalue weighted by Gasteiger charge is -2.34. The van der Waals surface area contributed by atoms with Crippen LogP contribution in [-0.2, 0) is 0 Å². The SMILES string of the molecule is BC12BC(CCC1)CC(C)CC2. The van der Waals surface area contributed by atoms with Gasteiger partial charge in [-0.1, -0.05) is 56.5 Å². The Labute approximate surface area is 78.2 Å². The Hall–Kier alpha value is 0.130. The van der Waals surface area contributed by atoms with Crippen LogP contribution in [0.3, 0.4) is 0 Å². The van der Waals surface area contributed by atoms with Gasteiger partial charge in [-0.2, -0.15) is 0 Å². The molecule has 2 aliphatic heterocycles. The number of hydrogen-bond acceptors (Lipinski definition) is 0.